The number of hydrogen-bond donors (Lipinski definition) is 3. The highest BCUT2D eigenvalue weighted by Gasteiger charge is 2.38. The van der Waals surface area contributed by atoms with E-state index in [9.17, 15) is 28.2 Å². The van der Waals surface area contributed by atoms with Gasteiger partial charge in [0, 0.05) is 16.8 Å². The third-order valence-electron chi connectivity index (χ3n) is 6.86. The molecule has 1 atom stereocenters. The molecule has 1 aliphatic carbocycles. The molecule has 0 saturated heterocycles. The SMILES string of the molecule is N#CCC1(n2cc(C(N)=O)c(Nc3ccc(S(=O)C(F)F)cc3)n2)CCC(Cc2cccc(O)c2)CC1. The average molecular weight is 528 g/mol. The van der Waals surface area contributed by atoms with Crippen LogP contribution in [0.4, 0.5) is 20.3 Å². The maximum atomic E-state index is 12.7. The Morgan fingerprint density at radius 2 is 1.97 bits per heavy atom. The van der Waals surface area contributed by atoms with Crippen LogP contribution < -0.4 is 11.1 Å². The third-order valence-corrected chi connectivity index (χ3v) is 7.92. The highest BCUT2D eigenvalue weighted by Crippen LogP contribution is 2.42. The zero-order valence-electron chi connectivity index (χ0n) is 19.9. The van der Waals surface area contributed by atoms with Crippen molar-refractivity contribution >= 4 is 28.2 Å². The van der Waals surface area contributed by atoms with Crippen molar-refractivity contribution in [2.75, 3.05) is 5.32 Å². The minimum absolute atomic E-state index is 0.0170. The van der Waals surface area contributed by atoms with E-state index in [0.29, 0.717) is 24.4 Å². The lowest BCUT2D eigenvalue weighted by molar-refractivity contribution is 0.1000. The molecule has 0 bridgehead atoms. The molecular formula is C26H27F2N5O3S. The summed E-state index contributed by atoms with van der Waals surface area (Å²) in [5.74, 6) is -2.88. The second kappa shape index (κ2) is 11.1. The lowest BCUT2D eigenvalue weighted by atomic mass is 9.73. The number of nitrogens with one attached hydrogen (secondary N) is 1. The van der Waals surface area contributed by atoms with Gasteiger partial charge in [0.2, 0.25) is 0 Å². The first-order valence-corrected chi connectivity index (χ1v) is 13.0. The van der Waals surface area contributed by atoms with Crippen molar-refractivity contribution in [1.29, 1.82) is 5.26 Å². The van der Waals surface area contributed by atoms with E-state index >= 15 is 0 Å². The van der Waals surface area contributed by atoms with Gasteiger partial charge in [0.25, 0.3) is 5.91 Å². The highest BCUT2D eigenvalue weighted by molar-refractivity contribution is 7.85. The molecule has 1 fully saturated rings. The number of halogens is 2. The zero-order valence-corrected chi connectivity index (χ0v) is 20.8. The number of nitrogens with zero attached hydrogens (tertiary/aromatic N) is 3. The number of amides is 1. The lowest BCUT2D eigenvalue weighted by Gasteiger charge is -2.39. The number of phenolic OH excluding ortho intramolecular Hbond substituents is 1. The van der Waals surface area contributed by atoms with Gasteiger partial charge in [-0.1, -0.05) is 12.1 Å². The Balaban J connectivity index is 1.54. The van der Waals surface area contributed by atoms with Gasteiger partial charge in [0.1, 0.15) is 22.1 Å². The van der Waals surface area contributed by atoms with E-state index in [4.69, 9.17) is 5.73 Å². The topological polar surface area (TPSA) is 134 Å². The molecule has 1 unspecified atom stereocenters. The number of alkyl halides is 2. The van der Waals surface area contributed by atoms with Crippen LogP contribution >= 0.6 is 0 Å². The van der Waals surface area contributed by atoms with Crippen LogP contribution in [0, 0.1) is 17.2 Å². The quantitative estimate of drug-likeness (QED) is 0.366. The summed E-state index contributed by atoms with van der Waals surface area (Å²) >= 11 is 0. The molecule has 1 aliphatic rings. The summed E-state index contributed by atoms with van der Waals surface area (Å²) in [6.45, 7) is 0. The van der Waals surface area contributed by atoms with E-state index in [1.165, 1.54) is 24.3 Å². The molecule has 8 nitrogen and oxygen atoms in total. The number of primary amides is 1. The minimum atomic E-state index is -2.98. The van der Waals surface area contributed by atoms with Gasteiger partial charge >= 0.3 is 5.76 Å². The molecule has 4 rings (SSSR count). The van der Waals surface area contributed by atoms with Crippen molar-refractivity contribution in [3.8, 4) is 11.8 Å². The second-order valence-electron chi connectivity index (χ2n) is 9.28. The summed E-state index contributed by atoms with van der Waals surface area (Å²) in [6.07, 6.45) is 5.62. The predicted octanol–water partition coefficient (Wildman–Crippen LogP) is 4.80. The maximum Gasteiger partial charge on any atom is 0.316 e. The fraction of sp³-hybridized carbons (Fsp3) is 0.346. The van der Waals surface area contributed by atoms with Gasteiger partial charge in [-0.3, -0.25) is 9.48 Å². The summed E-state index contributed by atoms with van der Waals surface area (Å²) in [7, 11) is -2.42. The molecule has 37 heavy (non-hydrogen) atoms. The van der Waals surface area contributed by atoms with Crippen LogP contribution in [0.5, 0.6) is 5.75 Å². The third kappa shape index (κ3) is 5.97. The van der Waals surface area contributed by atoms with E-state index in [1.807, 2.05) is 12.1 Å². The van der Waals surface area contributed by atoms with Gasteiger partial charge in [-0.2, -0.15) is 19.1 Å². The molecule has 1 saturated carbocycles. The fourth-order valence-electron chi connectivity index (χ4n) is 4.87. The molecule has 1 aromatic heterocycles. The molecule has 11 heteroatoms. The standard InChI is InChI=1S/C26H27F2N5O3S/c27-25(28)37(36)21-6-4-19(5-7-21)31-24-22(23(30)35)16-33(32-24)26(12-13-29)10-8-17(9-11-26)14-18-2-1-3-20(34)15-18/h1-7,15-17,25,34H,8-12,14H2,(H2,30,35)(H,31,32). The molecule has 1 heterocycles. The van der Waals surface area contributed by atoms with Gasteiger partial charge in [0.15, 0.2) is 5.82 Å². The van der Waals surface area contributed by atoms with Crippen LogP contribution in [-0.2, 0) is 22.8 Å². The second-order valence-corrected chi connectivity index (χ2v) is 10.7. The molecule has 2 aromatic carbocycles. The Morgan fingerprint density at radius 1 is 1.27 bits per heavy atom. The van der Waals surface area contributed by atoms with E-state index in [-0.39, 0.29) is 28.4 Å². The number of anilines is 2. The number of hydrogen-bond acceptors (Lipinski definition) is 6. The van der Waals surface area contributed by atoms with E-state index < -0.39 is 28.0 Å². The summed E-state index contributed by atoms with van der Waals surface area (Å²) < 4.78 is 38.7. The number of phenols is 1. The van der Waals surface area contributed by atoms with Crippen LogP contribution in [0.3, 0.4) is 0 Å². The molecule has 194 valence electrons. The van der Waals surface area contributed by atoms with Gasteiger partial charge in [-0.05, 0) is 80.0 Å². The molecule has 4 N–H and O–H groups in total. The summed E-state index contributed by atoms with van der Waals surface area (Å²) in [5, 5.41) is 26.9. The monoisotopic (exact) mass is 527 g/mol. The first kappa shape index (κ1) is 26.3. The van der Waals surface area contributed by atoms with E-state index in [1.54, 1.807) is 23.0 Å². The number of carbonyl (C=O) groups excluding carboxylic acids is 1. The normalized spacial score (nSPS) is 20.3. The van der Waals surface area contributed by atoms with Crippen LogP contribution in [-0.4, -0.2) is 30.8 Å². The van der Waals surface area contributed by atoms with Crippen molar-refractivity contribution in [1.82, 2.24) is 9.78 Å². The Kier molecular flexibility index (Phi) is 7.88. The molecular weight excluding hydrogens is 500 g/mol. The van der Waals surface area contributed by atoms with Crippen molar-refractivity contribution in [3.63, 3.8) is 0 Å². The number of rotatable bonds is 9. The molecule has 0 spiro atoms. The molecule has 0 radical (unpaired) electrons. The first-order valence-electron chi connectivity index (χ1n) is 11.8. The Labute approximate surface area is 215 Å². The predicted molar refractivity (Wildman–Crippen MR) is 135 cm³/mol. The minimum Gasteiger partial charge on any atom is -0.508 e. The van der Waals surface area contributed by atoms with Crippen LogP contribution in [0.2, 0.25) is 0 Å². The van der Waals surface area contributed by atoms with Crippen LogP contribution in [0.1, 0.15) is 48.0 Å². The summed E-state index contributed by atoms with van der Waals surface area (Å²) in [4.78, 5) is 12.2. The number of aromatic hydroxyl groups is 1. The van der Waals surface area contributed by atoms with Gasteiger partial charge in [0.05, 0.1) is 18.0 Å². The largest absolute Gasteiger partial charge is 0.508 e. The lowest BCUT2D eigenvalue weighted by Crippen LogP contribution is -2.38. The first-order chi connectivity index (χ1) is 17.7. The van der Waals surface area contributed by atoms with Crippen LogP contribution in [0.15, 0.2) is 59.6 Å². The fourth-order valence-corrected chi connectivity index (χ4v) is 5.48. The van der Waals surface area contributed by atoms with E-state index in [2.05, 4.69) is 16.5 Å². The molecule has 0 aliphatic heterocycles. The zero-order chi connectivity index (χ0) is 26.6. The number of benzene rings is 2. The Bertz CT molecular complexity index is 1330. The average Bonchev–Trinajstić information content (AvgIpc) is 3.30. The van der Waals surface area contributed by atoms with Crippen molar-refractivity contribution in [2.45, 2.75) is 54.7 Å². The van der Waals surface area contributed by atoms with Gasteiger partial charge in [-0.25, -0.2) is 4.21 Å². The molecule has 3 aromatic rings. The number of nitriles is 1. The van der Waals surface area contributed by atoms with E-state index in [0.717, 1.165) is 24.8 Å². The number of aromatic nitrogens is 2. The maximum absolute atomic E-state index is 12.7. The highest BCUT2D eigenvalue weighted by atomic mass is 32.2. The summed E-state index contributed by atoms with van der Waals surface area (Å²) in [5.41, 5.74) is 6.65. The Morgan fingerprint density at radius 3 is 2.57 bits per heavy atom. The van der Waals surface area contributed by atoms with Crippen molar-refractivity contribution in [3.05, 3.63) is 65.9 Å². The van der Waals surface area contributed by atoms with Crippen molar-refractivity contribution < 1.29 is 22.9 Å². The summed E-state index contributed by atoms with van der Waals surface area (Å²) in [6, 6.07) is 15.0. The Hall–Kier alpha value is -3.78. The molecule has 1 amide bonds. The van der Waals surface area contributed by atoms with Crippen LogP contribution in [0.25, 0.3) is 0 Å². The van der Waals surface area contributed by atoms with Gasteiger partial charge in [-0.15, -0.1) is 0 Å². The van der Waals surface area contributed by atoms with Gasteiger partial charge < -0.3 is 16.2 Å². The number of carbonyl (C=O) groups is 1. The van der Waals surface area contributed by atoms with Crippen molar-refractivity contribution in [2.24, 2.45) is 11.7 Å². The number of nitrogens with two attached hydrogens (primary N) is 1. The smallest absolute Gasteiger partial charge is 0.316 e.